The molecule has 0 unspecified atom stereocenters. The van der Waals surface area contributed by atoms with Crippen LogP contribution in [0.1, 0.15) is 57.1 Å². The molecule has 1 heterocycles. The van der Waals surface area contributed by atoms with Crippen LogP contribution < -0.4 is 10.6 Å². The van der Waals surface area contributed by atoms with Crippen LogP contribution in [0.3, 0.4) is 0 Å². The lowest BCUT2D eigenvalue weighted by molar-refractivity contribution is 0.0681. The van der Waals surface area contributed by atoms with E-state index in [1.807, 2.05) is 0 Å². The summed E-state index contributed by atoms with van der Waals surface area (Å²) < 4.78 is 25.3. The molecule has 1 aromatic heterocycles. The minimum Gasteiger partial charge on any atom is -0.381 e. The van der Waals surface area contributed by atoms with Crippen molar-refractivity contribution in [3.8, 4) is 0 Å². The fraction of sp³-hybridized carbons (Fsp3) is 0.789. The topological polar surface area (TPSA) is 68.3 Å². The summed E-state index contributed by atoms with van der Waals surface area (Å²) in [6.45, 7) is 1.69. The number of rotatable bonds is 6. The lowest BCUT2D eigenvalue weighted by Gasteiger charge is -2.29. The third kappa shape index (κ3) is 4.82. The third-order valence-electron chi connectivity index (χ3n) is 5.71. The highest BCUT2D eigenvalue weighted by Crippen LogP contribution is 2.27. The van der Waals surface area contributed by atoms with Crippen LogP contribution in [0, 0.1) is 12.7 Å². The summed E-state index contributed by atoms with van der Waals surface area (Å²) in [7, 11) is 3.52. The Bertz CT molecular complexity index is 585. The maximum Gasteiger partial charge on any atom is 0.225 e. The standard InChI is InChI=1S/C19H31FN4O2/c1-12-17(20)18(22-13-4-8-15(25-2)9-5-13)24-19(21-12)23-14-6-10-16(26-3)11-7-14/h13-16H,4-11H2,1-3H3,(H2,21,22,23,24). The highest BCUT2D eigenvalue weighted by atomic mass is 19.1. The first-order chi connectivity index (χ1) is 12.6. The number of anilines is 2. The summed E-state index contributed by atoms with van der Waals surface area (Å²) in [5.74, 6) is 0.469. The van der Waals surface area contributed by atoms with Crippen LogP contribution in [0.15, 0.2) is 0 Å². The Morgan fingerprint density at radius 3 is 1.81 bits per heavy atom. The molecule has 146 valence electrons. The lowest BCUT2D eigenvalue weighted by Crippen LogP contribution is -2.31. The summed E-state index contributed by atoms with van der Waals surface area (Å²) in [6.07, 6.45) is 8.68. The zero-order valence-electron chi connectivity index (χ0n) is 16.1. The molecule has 0 aliphatic heterocycles. The molecule has 0 bridgehead atoms. The second-order valence-corrected chi connectivity index (χ2v) is 7.50. The molecule has 7 heteroatoms. The smallest absolute Gasteiger partial charge is 0.225 e. The summed E-state index contributed by atoms with van der Waals surface area (Å²) in [5, 5.41) is 6.67. The van der Waals surface area contributed by atoms with E-state index in [1.54, 1.807) is 21.1 Å². The van der Waals surface area contributed by atoms with Crippen molar-refractivity contribution < 1.29 is 13.9 Å². The first kappa shape index (κ1) is 19.3. The number of hydrogen-bond acceptors (Lipinski definition) is 6. The normalized spacial score (nSPS) is 29.4. The number of hydrogen-bond donors (Lipinski definition) is 2. The predicted octanol–water partition coefficient (Wildman–Crippen LogP) is 3.66. The Labute approximate surface area is 155 Å². The SMILES string of the molecule is COC1CCC(Nc2nc(C)c(F)c(NC3CCC(OC)CC3)n2)CC1. The molecule has 0 spiro atoms. The van der Waals surface area contributed by atoms with Gasteiger partial charge < -0.3 is 20.1 Å². The molecule has 0 radical (unpaired) electrons. The molecule has 2 fully saturated rings. The summed E-state index contributed by atoms with van der Waals surface area (Å²) >= 11 is 0. The van der Waals surface area contributed by atoms with Gasteiger partial charge in [0.05, 0.1) is 17.9 Å². The summed E-state index contributed by atoms with van der Waals surface area (Å²) in [6, 6.07) is 0.548. The Hall–Kier alpha value is -1.47. The number of halogens is 1. The highest BCUT2D eigenvalue weighted by molar-refractivity contribution is 5.45. The number of aryl methyl sites for hydroxylation is 1. The van der Waals surface area contributed by atoms with Crippen LogP contribution in [0.4, 0.5) is 16.2 Å². The quantitative estimate of drug-likeness (QED) is 0.801. The maximum atomic E-state index is 14.5. The molecule has 0 atom stereocenters. The van der Waals surface area contributed by atoms with Gasteiger partial charge in [-0.1, -0.05) is 0 Å². The molecule has 0 saturated heterocycles. The van der Waals surface area contributed by atoms with Gasteiger partial charge in [0.25, 0.3) is 0 Å². The molecule has 2 saturated carbocycles. The predicted molar refractivity (Wildman–Crippen MR) is 100 cm³/mol. The van der Waals surface area contributed by atoms with Crippen LogP contribution in [-0.4, -0.2) is 48.5 Å². The van der Waals surface area contributed by atoms with Crippen molar-refractivity contribution in [3.63, 3.8) is 0 Å². The van der Waals surface area contributed by atoms with Crippen LogP contribution in [0.25, 0.3) is 0 Å². The van der Waals surface area contributed by atoms with Gasteiger partial charge in [0, 0.05) is 26.3 Å². The molecular formula is C19H31FN4O2. The average molecular weight is 366 g/mol. The number of ether oxygens (including phenoxy) is 2. The number of aromatic nitrogens is 2. The maximum absolute atomic E-state index is 14.5. The fourth-order valence-corrected chi connectivity index (χ4v) is 3.98. The fourth-order valence-electron chi connectivity index (χ4n) is 3.98. The Balaban J connectivity index is 1.62. The van der Waals surface area contributed by atoms with E-state index in [0.29, 0.717) is 35.7 Å². The van der Waals surface area contributed by atoms with Gasteiger partial charge in [-0.3, -0.25) is 0 Å². The molecule has 6 nitrogen and oxygen atoms in total. The minimum absolute atomic E-state index is 0.232. The Morgan fingerprint density at radius 2 is 1.31 bits per heavy atom. The summed E-state index contributed by atoms with van der Waals surface area (Å²) in [4.78, 5) is 8.73. The van der Waals surface area contributed by atoms with Crippen molar-refractivity contribution in [2.45, 2.75) is 82.6 Å². The number of methoxy groups -OCH3 is 2. The third-order valence-corrected chi connectivity index (χ3v) is 5.71. The van der Waals surface area contributed by atoms with E-state index in [2.05, 4.69) is 20.6 Å². The van der Waals surface area contributed by atoms with Crippen LogP contribution in [0.2, 0.25) is 0 Å². The van der Waals surface area contributed by atoms with Gasteiger partial charge >= 0.3 is 0 Å². The van der Waals surface area contributed by atoms with E-state index >= 15 is 0 Å². The van der Waals surface area contributed by atoms with Gasteiger partial charge in [-0.25, -0.2) is 9.37 Å². The van der Waals surface area contributed by atoms with Crippen LogP contribution >= 0.6 is 0 Å². The minimum atomic E-state index is -0.354. The van der Waals surface area contributed by atoms with Crippen LogP contribution in [-0.2, 0) is 9.47 Å². The van der Waals surface area contributed by atoms with Crippen molar-refractivity contribution in [1.82, 2.24) is 9.97 Å². The van der Waals surface area contributed by atoms with E-state index < -0.39 is 0 Å². The zero-order valence-corrected chi connectivity index (χ0v) is 16.1. The van der Waals surface area contributed by atoms with Gasteiger partial charge in [0.2, 0.25) is 5.95 Å². The summed E-state index contributed by atoms with van der Waals surface area (Å²) in [5.41, 5.74) is 0.376. The Kier molecular flexibility index (Phi) is 6.64. The first-order valence-electron chi connectivity index (χ1n) is 9.71. The van der Waals surface area contributed by atoms with Crippen molar-refractivity contribution in [3.05, 3.63) is 11.5 Å². The molecule has 2 N–H and O–H groups in total. The molecular weight excluding hydrogens is 335 g/mol. The molecule has 2 aliphatic rings. The second-order valence-electron chi connectivity index (χ2n) is 7.50. The van der Waals surface area contributed by atoms with E-state index in [9.17, 15) is 4.39 Å². The number of nitrogens with one attached hydrogen (secondary N) is 2. The Morgan fingerprint density at radius 1 is 0.808 bits per heavy atom. The number of nitrogens with zero attached hydrogens (tertiary/aromatic N) is 2. The van der Waals surface area contributed by atoms with Crippen molar-refractivity contribution in [2.75, 3.05) is 24.9 Å². The van der Waals surface area contributed by atoms with E-state index in [-0.39, 0.29) is 11.9 Å². The molecule has 2 aliphatic carbocycles. The van der Waals surface area contributed by atoms with Crippen molar-refractivity contribution in [1.29, 1.82) is 0 Å². The average Bonchev–Trinajstić information content (AvgIpc) is 2.67. The highest BCUT2D eigenvalue weighted by Gasteiger charge is 2.24. The van der Waals surface area contributed by atoms with Crippen LogP contribution in [0.5, 0.6) is 0 Å². The molecule has 0 amide bonds. The van der Waals surface area contributed by atoms with Gasteiger partial charge in [-0.2, -0.15) is 4.98 Å². The second kappa shape index (κ2) is 8.95. The van der Waals surface area contributed by atoms with Gasteiger partial charge in [0.1, 0.15) is 0 Å². The van der Waals surface area contributed by atoms with Crippen molar-refractivity contribution >= 4 is 11.8 Å². The largest absolute Gasteiger partial charge is 0.381 e. The monoisotopic (exact) mass is 366 g/mol. The molecule has 1 aromatic rings. The molecule has 3 rings (SSSR count). The molecule has 26 heavy (non-hydrogen) atoms. The van der Waals surface area contributed by atoms with Gasteiger partial charge in [-0.05, 0) is 58.3 Å². The zero-order chi connectivity index (χ0) is 18.5. The van der Waals surface area contributed by atoms with Gasteiger partial charge in [0.15, 0.2) is 11.6 Å². The van der Waals surface area contributed by atoms with E-state index in [0.717, 1.165) is 51.4 Å². The lowest BCUT2D eigenvalue weighted by atomic mass is 9.93. The van der Waals surface area contributed by atoms with Gasteiger partial charge in [-0.15, -0.1) is 0 Å². The molecule has 0 aromatic carbocycles. The van der Waals surface area contributed by atoms with E-state index in [1.165, 1.54) is 0 Å². The van der Waals surface area contributed by atoms with Crippen molar-refractivity contribution in [2.24, 2.45) is 0 Å². The first-order valence-corrected chi connectivity index (χ1v) is 9.71. The van der Waals surface area contributed by atoms with E-state index in [4.69, 9.17) is 9.47 Å².